The van der Waals surface area contributed by atoms with E-state index in [2.05, 4.69) is 20.3 Å². The van der Waals surface area contributed by atoms with Crippen LogP contribution in [0.15, 0.2) is 43.0 Å². The van der Waals surface area contributed by atoms with Crippen molar-refractivity contribution in [3.05, 3.63) is 54.2 Å². The maximum Gasteiger partial charge on any atom is 0.237 e. The average Bonchev–Trinajstić information content (AvgIpc) is 3.24. The lowest BCUT2D eigenvalue weighted by Gasteiger charge is -2.16. The maximum atomic E-state index is 12.2. The first-order chi connectivity index (χ1) is 11.7. The summed E-state index contributed by atoms with van der Waals surface area (Å²) in [5.41, 5.74) is 8.64. The van der Waals surface area contributed by atoms with Crippen molar-refractivity contribution in [2.24, 2.45) is 5.73 Å². The minimum Gasteiger partial charge on any atom is -0.361 e. The molecule has 0 radical (unpaired) electrons. The number of nitrogens with one attached hydrogen (secondary N) is 3. The third-order valence-electron chi connectivity index (χ3n) is 3.94. The molecule has 2 aromatic heterocycles. The van der Waals surface area contributed by atoms with Crippen molar-refractivity contribution in [3.63, 3.8) is 0 Å². The van der Waals surface area contributed by atoms with Gasteiger partial charge in [0.05, 0.1) is 18.4 Å². The van der Waals surface area contributed by atoms with Crippen LogP contribution < -0.4 is 11.1 Å². The number of hydrogen-bond donors (Lipinski definition) is 4. The van der Waals surface area contributed by atoms with Crippen molar-refractivity contribution in [3.8, 4) is 0 Å². The number of nitrogens with two attached hydrogens (primary N) is 1. The molecular weight excluding hydrogens is 306 g/mol. The van der Waals surface area contributed by atoms with Gasteiger partial charge >= 0.3 is 0 Å². The van der Waals surface area contributed by atoms with Crippen molar-refractivity contribution >= 4 is 23.1 Å². The van der Waals surface area contributed by atoms with E-state index in [1.165, 1.54) is 6.33 Å². The van der Waals surface area contributed by atoms with Gasteiger partial charge in [0.1, 0.15) is 6.29 Å². The molecule has 24 heavy (non-hydrogen) atoms. The Morgan fingerprint density at radius 3 is 2.88 bits per heavy atom. The number of fused-ring (bicyclic) bond motifs is 1. The molecule has 0 aliphatic heterocycles. The maximum absolute atomic E-state index is 12.2. The molecule has 0 aliphatic carbocycles. The summed E-state index contributed by atoms with van der Waals surface area (Å²) < 4.78 is 0. The highest BCUT2D eigenvalue weighted by atomic mass is 16.2. The number of aromatic nitrogens is 3. The van der Waals surface area contributed by atoms with Gasteiger partial charge in [-0.2, -0.15) is 0 Å². The monoisotopic (exact) mass is 325 g/mol. The summed E-state index contributed by atoms with van der Waals surface area (Å²) >= 11 is 0. The summed E-state index contributed by atoms with van der Waals surface area (Å²) in [6.45, 7) is 0. The second-order valence-electron chi connectivity index (χ2n) is 5.70. The Balaban J connectivity index is 1.63. The van der Waals surface area contributed by atoms with Crippen LogP contribution in [-0.2, 0) is 22.4 Å². The Labute approximate surface area is 138 Å². The van der Waals surface area contributed by atoms with Crippen LogP contribution >= 0.6 is 0 Å². The largest absolute Gasteiger partial charge is 0.361 e. The van der Waals surface area contributed by atoms with Gasteiger partial charge in [0, 0.05) is 41.8 Å². The lowest BCUT2D eigenvalue weighted by molar-refractivity contribution is -0.125. The standard InChI is InChI=1S/C17H19N5O2/c18-15(6-12-8-19-10-21-12)17(24)22-13(9-23)5-11-7-20-16-4-2-1-3-14(11)16/h1-4,7-10,13,15,20H,5-6,18H2,(H,19,21)(H,22,24)/t13-,15+/m1/s1. The van der Waals surface area contributed by atoms with Crippen LogP contribution in [0.2, 0.25) is 0 Å². The lowest BCUT2D eigenvalue weighted by Crippen LogP contribution is -2.47. The summed E-state index contributed by atoms with van der Waals surface area (Å²) in [5, 5.41) is 3.74. The average molecular weight is 325 g/mol. The van der Waals surface area contributed by atoms with E-state index in [4.69, 9.17) is 5.73 Å². The fourth-order valence-electron chi connectivity index (χ4n) is 2.69. The summed E-state index contributed by atoms with van der Waals surface area (Å²) in [7, 11) is 0. The van der Waals surface area contributed by atoms with Crippen LogP contribution in [0.25, 0.3) is 10.9 Å². The van der Waals surface area contributed by atoms with E-state index in [-0.39, 0.29) is 5.91 Å². The highest BCUT2D eigenvalue weighted by Crippen LogP contribution is 2.18. The quantitative estimate of drug-likeness (QED) is 0.478. The second kappa shape index (κ2) is 7.10. The zero-order valence-electron chi connectivity index (χ0n) is 13.0. The first-order valence-electron chi connectivity index (χ1n) is 7.71. The van der Waals surface area contributed by atoms with E-state index in [1.54, 1.807) is 6.20 Å². The Hall–Kier alpha value is -2.93. The first kappa shape index (κ1) is 15.9. The molecular formula is C17H19N5O2. The van der Waals surface area contributed by atoms with Gasteiger partial charge in [-0.05, 0) is 11.6 Å². The highest BCUT2D eigenvalue weighted by Gasteiger charge is 2.19. The van der Waals surface area contributed by atoms with Crippen LogP contribution in [0.5, 0.6) is 0 Å². The number of amides is 1. The number of aromatic amines is 2. The molecule has 7 nitrogen and oxygen atoms in total. The minimum absolute atomic E-state index is 0.338. The molecule has 2 heterocycles. The SMILES string of the molecule is N[C@@H](Cc1cnc[nH]1)C(=O)N[C@@H](C=O)Cc1c[nH]c2ccccc12. The van der Waals surface area contributed by atoms with E-state index in [0.717, 1.165) is 28.4 Å². The Morgan fingerprint density at radius 2 is 2.12 bits per heavy atom. The zero-order valence-corrected chi connectivity index (χ0v) is 13.0. The number of nitrogens with zero attached hydrogens (tertiary/aromatic N) is 1. The number of benzene rings is 1. The molecule has 7 heteroatoms. The van der Waals surface area contributed by atoms with Gasteiger partial charge in [0.2, 0.25) is 5.91 Å². The van der Waals surface area contributed by atoms with Gasteiger partial charge in [0.25, 0.3) is 0 Å². The minimum atomic E-state index is -0.740. The van der Waals surface area contributed by atoms with E-state index >= 15 is 0 Å². The van der Waals surface area contributed by atoms with Gasteiger partial charge in [-0.1, -0.05) is 18.2 Å². The molecule has 1 amide bonds. The molecule has 3 rings (SSSR count). The van der Waals surface area contributed by atoms with Crippen LogP contribution in [-0.4, -0.2) is 39.2 Å². The summed E-state index contributed by atoms with van der Waals surface area (Å²) in [6, 6.07) is 6.47. The number of hydrogen-bond acceptors (Lipinski definition) is 4. The molecule has 0 saturated carbocycles. The zero-order chi connectivity index (χ0) is 16.9. The summed E-state index contributed by atoms with van der Waals surface area (Å²) in [5.74, 6) is -0.360. The van der Waals surface area contributed by atoms with Crippen molar-refractivity contribution < 1.29 is 9.59 Å². The van der Waals surface area contributed by atoms with Gasteiger partial charge in [0.15, 0.2) is 0 Å². The third-order valence-corrected chi connectivity index (χ3v) is 3.94. The number of H-pyrrole nitrogens is 2. The Morgan fingerprint density at radius 1 is 1.29 bits per heavy atom. The third kappa shape index (κ3) is 3.52. The molecule has 0 saturated heterocycles. The number of rotatable bonds is 7. The van der Waals surface area contributed by atoms with Gasteiger partial charge in [-0.3, -0.25) is 4.79 Å². The molecule has 0 bridgehead atoms. The summed E-state index contributed by atoms with van der Waals surface area (Å²) in [4.78, 5) is 33.5. The molecule has 3 aromatic rings. The molecule has 2 atom stereocenters. The molecule has 1 aromatic carbocycles. The fourth-order valence-corrected chi connectivity index (χ4v) is 2.69. The first-order valence-corrected chi connectivity index (χ1v) is 7.71. The molecule has 5 N–H and O–H groups in total. The number of imidazole rings is 1. The summed E-state index contributed by atoms with van der Waals surface area (Å²) in [6.07, 6.45) is 6.50. The van der Waals surface area contributed by atoms with E-state index in [9.17, 15) is 9.59 Å². The van der Waals surface area contributed by atoms with Crippen LogP contribution in [0, 0.1) is 0 Å². The van der Waals surface area contributed by atoms with E-state index < -0.39 is 12.1 Å². The number of carbonyl (C=O) groups excluding carboxylic acids is 2. The van der Waals surface area contributed by atoms with Crippen molar-refractivity contribution in [1.29, 1.82) is 0 Å². The van der Waals surface area contributed by atoms with Crippen molar-refractivity contribution in [2.75, 3.05) is 0 Å². The van der Waals surface area contributed by atoms with Gasteiger partial charge in [-0.15, -0.1) is 0 Å². The topological polar surface area (TPSA) is 117 Å². The molecule has 0 fully saturated rings. The molecule has 0 spiro atoms. The normalized spacial score (nSPS) is 13.5. The van der Waals surface area contributed by atoms with E-state index in [0.29, 0.717) is 12.8 Å². The van der Waals surface area contributed by atoms with Gasteiger partial charge in [-0.25, -0.2) is 4.98 Å². The van der Waals surface area contributed by atoms with Crippen molar-refractivity contribution in [2.45, 2.75) is 24.9 Å². The smallest absolute Gasteiger partial charge is 0.237 e. The Bertz CT molecular complexity index is 825. The molecule has 0 aliphatic rings. The fraction of sp³-hybridized carbons (Fsp3) is 0.235. The second-order valence-corrected chi connectivity index (χ2v) is 5.70. The highest BCUT2D eigenvalue weighted by molar-refractivity contribution is 5.86. The Kier molecular flexibility index (Phi) is 4.72. The predicted octanol–water partition coefficient (Wildman–Crippen LogP) is 0.687. The molecule has 0 unspecified atom stereocenters. The van der Waals surface area contributed by atoms with Gasteiger partial charge < -0.3 is 25.8 Å². The number of carbonyl (C=O) groups is 2. The van der Waals surface area contributed by atoms with Crippen LogP contribution in [0.1, 0.15) is 11.3 Å². The predicted molar refractivity (Wildman–Crippen MR) is 90.3 cm³/mol. The number of para-hydroxylation sites is 1. The van der Waals surface area contributed by atoms with Crippen LogP contribution in [0.4, 0.5) is 0 Å². The van der Waals surface area contributed by atoms with E-state index in [1.807, 2.05) is 30.5 Å². The number of aldehydes is 1. The van der Waals surface area contributed by atoms with Crippen LogP contribution in [0.3, 0.4) is 0 Å². The van der Waals surface area contributed by atoms with Crippen molar-refractivity contribution in [1.82, 2.24) is 20.3 Å². The lowest BCUT2D eigenvalue weighted by atomic mass is 10.0. The molecule has 124 valence electrons.